The molecule has 1 fully saturated rings. The monoisotopic (exact) mass is 336 g/mol. The topological polar surface area (TPSA) is 41.1 Å². The number of halogens is 5. The van der Waals surface area contributed by atoms with E-state index in [-0.39, 0.29) is 24.1 Å². The predicted octanol–water partition coefficient (Wildman–Crippen LogP) is 3.19. The second-order valence-electron chi connectivity index (χ2n) is 5.67. The van der Waals surface area contributed by atoms with Crippen LogP contribution in [-0.4, -0.2) is 18.5 Å². The highest BCUT2D eigenvalue weighted by Crippen LogP contribution is 2.35. The highest BCUT2D eigenvalue weighted by Gasteiger charge is 2.34. The lowest BCUT2D eigenvalue weighted by Gasteiger charge is -2.17. The van der Waals surface area contributed by atoms with Gasteiger partial charge in [0.25, 0.3) is 5.92 Å². The van der Waals surface area contributed by atoms with E-state index in [9.17, 15) is 26.7 Å². The highest BCUT2D eigenvalue weighted by atomic mass is 19.4. The first-order valence-corrected chi connectivity index (χ1v) is 7.18. The molecule has 1 unspecified atom stereocenters. The quantitative estimate of drug-likeness (QED) is 0.829. The maximum atomic E-state index is 13.4. The molecular weight excluding hydrogens is 319 g/mol. The Hall–Kier alpha value is -1.70. The van der Waals surface area contributed by atoms with Gasteiger partial charge in [-0.1, -0.05) is 0 Å². The molecule has 1 amide bonds. The molecule has 1 aliphatic heterocycles. The van der Waals surface area contributed by atoms with Crippen molar-refractivity contribution >= 4 is 5.91 Å². The Morgan fingerprint density at radius 3 is 2.39 bits per heavy atom. The summed E-state index contributed by atoms with van der Waals surface area (Å²) in [4.78, 5) is 11.8. The van der Waals surface area contributed by atoms with Gasteiger partial charge in [-0.05, 0) is 43.1 Å². The lowest BCUT2D eigenvalue weighted by molar-refractivity contribution is -0.137. The van der Waals surface area contributed by atoms with E-state index >= 15 is 0 Å². The van der Waals surface area contributed by atoms with E-state index in [1.54, 1.807) is 0 Å². The van der Waals surface area contributed by atoms with Gasteiger partial charge in [-0.25, -0.2) is 8.78 Å². The first kappa shape index (κ1) is 17.7. The minimum atomic E-state index is -4.73. The van der Waals surface area contributed by atoms with Crippen molar-refractivity contribution in [2.45, 2.75) is 44.5 Å². The average molecular weight is 336 g/mol. The van der Waals surface area contributed by atoms with Crippen LogP contribution in [0.2, 0.25) is 0 Å². The first-order chi connectivity index (χ1) is 10.6. The third-order valence-electron chi connectivity index (χ3n) is 3.67. The van der Waals surface area contributed by atoms with Crippen LogP contribution in [0.3, 0.4) is 0 Å². The van der Waals surface area contributed by atoms with Gasteiger partial charge < -0.3 is 10.6 Å². The van der Waals surface area contributed by atoms with Gasteiger partial charge in [0, 0.05) is 19.0 Å². The summed E-state index contributed by atoms with van der Waals surface area (Å²) in [6.45, 7) is 1.01. The Morgan fingerprint density at radius 1 is 1.22 bits per heavy atom. The summed E-state index contributed by atoms with van der Waals surface area (Å²) in [5.74, 6) is -3.74. The Labute approximate surface area is 130 Å². The lowest BCUT2D eigenvalue weighted by atomic mass is 10.0. The van der Waals surface area contributed by atoms with Gasteiger partial charge in [0.2, 0.25) is 5.91 Å². The first-order valence-electron chi connectivity index (χ1n) is 7.18. The second kappa shape index (κ2) is 6.43. The molecule has 3 nitrogen and oxygen atoms in total. The molecule has 1 aromatic carbocycles. The number of nitrogens with one attached hydrogen (secondary N) is 2. The molecule has 1 atom stereocenters. The zero-order valence-corrected chi connectivity index (χ0v) is 12.4. The minimum Gasteiger partial charge on any atom is -0.351 e. The molecule has 1 aliphatic rings. The number of carbonyl (C=O) groups is 1. The van der Waals surface area contributed by atoms with Crippen molar-refractivity contribution in [3.63, 3.8) is 0 Å². The molecule has 0 bridgehead atoms. The summed E-state index contributed by atoms with van der Waals surface area (Å²) in [6, 6.07) is 1.81. The van der Waals surface area contributed by atoms with E-state index < -0.39 is 23.2 Å². The summed E-state index contributed by atoms with van der Waals surface area (Å²) in [5.41, 5.74) is -1.89. The molecule has 0 aliphatic carbocycles. The number of hydrogen-bond acceptors (Lipinski definition) is 2. The van der Waals surface area contributed by atoms with Gasteiger partial charge in [-0.3, -0.25) is 4.79 Å². The zero-order chi connectivity index (χ0) is 17.3. The van der Waals surface area contributed by atoms with Crippen LogP contribution in [-0.2, 0) is 23.4 Å². The molecule has 0 radical (unpaired) electrons. The number of benzene rings is 1. The Kier molecular flexibility index (Phi) is 4.93. The van der Waals surface area contributed by atoms with Gasteiger partial charge in [0.1, 0.15) is 0 Å². The van der Waals surface area contributed by atoms with Crippen molar-refractivity contribution < 1.29 is 26.7 Å². The Bertz CT molecular complexity index is 542. The van der Waals surface area contributed by atoms with Crippen LogP contribution in [0.25, 0.3) is 0 Å². The fourth-order valence-corrected chi connectivity index (χ4v) is 2.43. The van der Waals surface area contributed by atoms with E-state index in [4.69, 9.17) is 0 Å². The molecule has 2 rings (SSSR count). The number of carbonyl (C=O) groups excluding carboxylic acids is 1. The van der Waals surface area contributed by atoms with Crippen LogP contribution in [0.5, 0.6) is 0 Å². The van der Waals surface area contributed by atoms with Crippen molar-refractivity contribution in [3.05, 3.63) is 34.9 Å². The molecule has 23 heavy (non-hydrogen) atoms. The number of rotatable bonds is 4. The van der Waals surface area contributed by atoms with Crippen LogP contribution >= 0.6 is 0 Å². The SMILES string of the molecule is CC(F)(F)c1cc(CNC(=O)C2CCCN2)cc(C(F)(F)F)c1. The van der Waals surface area contributed by atoms with Gasteiger partial charge >= 0.3 is 6.18 Å². The normalized spacial score (nSPS) is 19.0. The maximum absolute atomic E-state index is 13.4. The van der Waals surface area contributed by atoms with E-state index in [0.29, 0.717) is 26.0 Å². The van der Waals surface area contributed by atoms with Gasteiger partial charge in [0.15, 0.2) is 0 Å². The summed E-state index contributed by atoms with van der Waals surface area (Å²) in [6.07, 6.45) is -3.24. The summed E-state index contributed by atoms with van der Waals surface area (Å²) in [7, 11) is 0. The van der Waals surface area contributed by atoms with E-state index in [0.717, 1.165) is 18.6 Å². The number of hydrogen-bond donors (Lipinski definition) is 2. The smallest absolute Gasteiger partial charge is 0.351 e. The molecule has 8 heteroatoms. The van der Waals surface area contributed by atoms with Crippen molar-refractivity contribution in [1.29, 1.82) is 0 Å². The Balaban J connectivity index is 2.18. The summed E-state index contributed by atoms with van der Waals surface area (Å²) in [5, 5.41) is 5.44. The molecule has 1 heterocycles. The fourth-order valence-electron chi connectivity index (χ4n) is 2.43. The molecule has 0 aromatic heterocycles. The van der Waals surface area contributed by atoms with Crippen LogP contribution in [0.1, 0.15) is 36.5 Å². The van der Waals surface area contributed by atoms with Gasteiger partial charge in [-0.15, -0.1) is 0 Å². The molecular formula is C15H17F5N2O. The fraction of sp³-hybridized carbons (Fsp3) is 0.533. The summed E-state index contributed by atoms with van der Waals surface area (Å²) < 4.78 is 65.3. The average Bonchev–Trinajstić information content (AvgIpc) is 2.96. The van der Waals surface area contributed by atoms with Gasteiger partial charge in [0.05, 0.1) is 11.6 Å². The number of amides is 1. The number of alkyl halides is 5. The highest BCUT2D eigenvalue weighted by molar-refractivity contribution is 5.81. The maximum Gasteiger partial charge on any atom is 0.416 e. The van der Waals surface area contributed by atoms with Crippen LogP contribution in [0.15, 0.2) is 18.2 Å². The van der Waals surface area contributed by atoms with E-state index in [2.05, 4.69) is 10.6 Å². The molecule has 1 aromatic rings. The molecule has 1 saturated heterocycles. The van der Waals surface area contributed by atoms with Crippen LogP contribution < -0.4 is 10.6 Å². The van der Waals surface area contributed by atoms with Crippen molar-refractivity contribution in [2.75, 3.05) is 6.54 Å². The largest absolute Gasteiger partial charge is 0.416 e. The molecule has 0 saturated carbocycles. The van der Waals surface area contributed by atoms with Crippen molar-refractivity contribution in [2.24, 2.45) is 0 Å². The predicted molar refractivity (Wildman–Crippen MR) is 73.9 cm³/mol. The van der Waals surface area contributed by atoms with Crippen molar-refractivity contribution in [3.8, 4) is 0 Å². The standard InChI is InChI=1S/C15H17F5N2O/c1-14(16,17)10-5-9(6-11(7-10)15(18,19)20)8-22-13(23)12-3-2-4-21-12/h5-7,12,21H,2-4,8H2,1H3,(H,22,23). The molecule has 2 N–H and O–H groups in total. The Morgan fingerprint density at radius 2 is 1.87 bits per heavy atom. The minimum absolute atomic E-state index is 0.0114. The molecule has 128 valence electrons. The van der Waals surface area contributed by atoms with E-state index in [1.807, 2.05) is 0 Å². The zero-order valence-electron chi connectivity index (χ0n) is 12.4. The van der Waals surface area contributed by atoms with Crippen molar-refractivity contribution in [1.82, 2.24) is 10.6 Å². The summed E-state index contributed by atoms with van der Waals surface area (Å²) >= 11 is 0. The van der Waals surface area contributed by atoms with E-state index in [1.165, 1.54) is 0 Å². The second-order valence-corrected chi connectivity index (χ2v) is 5.67. The molecule has 0 spiro atoms. The third-order valence-corrected chi connectivity index (χ3v) is 3.67. The van der Waals surface area contributed by atoms with Crippen LogP contribution in [0.4, 0.5) is 22.0 Å². The third kappa shape index (κ3) is 4.63. The lowest BCUT2D eigenvalue weighted by Crippen LogP contribution is -2.40. The van der Waals surface area contributed by atoms with Gasteiger partial charge in [-0.2, -0.15) is 13.2 Å². The van der Waals surface area contributed by atoms with Crippen LogP contribution in [0, 0.1) is 0 Å².